The second kappa shape index (κ2) is 4.74. The third kappa shape index (κ3) is 2.31. The molecule has 2 nitrogen and oxygen atoms in total. The largest absolute Gasteiger partial charge is 0.351 e. The van der Waals surface area contributed by atoms with E-state index in [4.69, 9.17) is 0 Å². The van der Waals surface area contributed by atoms with Gasteiger partial charge in [-0.05, 0) is 35.0 Å². The number of anilines is 1. The maximum absolute atomic E-state index is 4.46. The molecule has 1 saturated heterocycles. The molecule has 82 valence electrons. The van der Waals surface area contributed by atoms with E-state index in [-0.39, 0.29) is 0 Å². The summed E-state index contributed by atoms with van der Waals surface area (Å²) in [7, 11) is 0. The van der Waals surface area contributed by atoms with Crippen LogP contribution in [-0.4, -0.2) is 28.6 Å². The summed E-state index contributed by atoms with van der Waals surface area (Å²) in [5.74, 6) is 2.27. The summed E-state index contributed by atoms with van der Waals surface area (Å²) in [6.45, 7) is 5.65. The smallest absolute Gasteiger partial charge is 0.143 e. The van der Waals surface area contributed by atoms with Crippen LogP contribution in [0.5, 0.6) is 0 Å². The van der Waals surface area contributed by atoms with Gasteiger partial charge in [0, 0.05) is 29.8 Å². The van der Waals surface area contributed by atoms with Crippen LogP contribution in [0.25, 0.3) is 0 Å². The SMILES string of the molecule is CC1SCCN(c2ncccc2Br)C1C. The number of nitrogens with zero attached hydrogens (tertiary/aromatic N) is 2. The van der Waals surface area contributed by atoms with E-state index in [1.165, 1.54) is 5.75 Å². The standard InChI is InChI=1S/C11H15BrN2S/c1-8-9(2)15-7-6-14(8)11-10(12)4-3-5-13-11/h3-5,8-9H,6-7H2,1-2H3. The first kappa shape index (κ1) is 11.3. The maximum atomic E-state index is 4.46. The molecule has 0 N–H and O–H groups in total. The predicted molar refractivity (Wildman–Crippen MR) is 70.7 cm³/mol. The first-order valence-electron chi connectivity index (χ1n) is 5.19. The third-order valence-corrected chi connectivity index (χ3v) is 4.85. The number of pyridine rings is 1. The Morgan fingerprint density at radius 1 is 1.53 bits per heavy atom. The number of halogens is 1. The Balaban J connectivity index is 2.26. The lowest BCUT2D eigenvalue weighted by Gasteiger charge is -2.38. The molecule has 2 rings (SSSR count). The van der Waals surface area contributed by atoms with Gasteiger partial charge in [-0.25, -0.2) is 4.98 Å². The Kier molecular flexibility index (Phi) is 3.57. The summed E-state index contributed by atoms with van der Waals surface area (Å²) in [5.41, 5.74) is 0. The average molecular weight is 287 g/mol. The average Bonchev–Trinajstić information content (AvgIpc) is 2.23. The zero-order valence-corrected chi connectivity index (χ0v) is 11.4. The number of aromatic nitrogens is 1. The molecule has 1 aromatic rings. The number of thioether (sulfide) groups is 1. The monoisotopic (exact) mass is 286 g/mol. The van der Waals surface area contributed by atoms with Crippen LogP contribution in [0, 0.1) is 0 Å². The van der Waals surface area contributed by atoms with Crippen molar-refractivity contribution in [3.63, 3.8) is 0 Å². The Morgan fingerprint density at radius 2 is 2.33 bits per heavy atom. The van der Waals surface area contributed by atoms with Gasteiger partial charge >= 0.3 is 0 Å². The lowest BCUT2D eigenvalue weighted by molar-refractivity contribution is 0.619. The van der Waals surface area contributed by atoms with E-state index < -0.39 is 0 Å². The van der Waals surface area contributed by atoms with E-state index in [9.17, 15) is 0 Å². The summed E-state index contributed by atoms with van der Waals surface area (Å²) in [5, 5.41) is 0.674. The number of hydrogen-bond donors (Lipinski definition) is 0. The topological polar surface area (TPSA) is 16.1 Å². The van der Waals surface area contributed by atoms with Crippen molar-refractivity contribution in [1.29, 1.82) is 0 Å². The molecule has 1 aromatic heterocycles. The van der Waals surface area contributed by atoms with Crippen LogP contribution in [0.15, 0.2) is 22.8 Å². The van der Waals surface area contributed by atoms with E-state index >= 15 is 0 Å². The van der Waals surface area contributed by atoms with Crippen LogP contribution in [0.4, 0.5) is 5.82 Å². The normalized spacial score (nSPS) is 26.7. The minimum atomic E-state index is 0.551. The van der Waals surface area contributed by atoms with Crippen LogP contribution >= 0.6 is 27.7 Å². The Labute approximate surface area is 104 Å². The highest BCUT2D eigenvalue weighted by atomic mass is 79.9. The molecule has 0 spiro atoms. The molecule has 0 aliphatic carbocycles. The Hall–Kier alpha value is -0.220. The maximum Gasteiger partial charge on any atom is 0.143 e. The van der Waals surface area contributed by atoms with Gasteiger partial charge in [-0.1, -0.05) is 6.92 Å². The molecule has 0 amide bonds. The molecule has 0 aromatic carbocycles. The van der Waals surface area contributed by atoms with Crippen molar-refractivity contribution >= 4 is 33.5 Å². The van der Waals surface area contributed by atoms with Gasteiger partial charge < -0.3 is 4.90 Å². The molecular weight excluding hydrogens is 272 g/mol. The predicted octanol–water partition coefficient (Wildman–Crippen LogP) is 3.17. The minimum Gasteiger partial charge on any atom is -0.351 e. The highest BCUT2D eigenvalue weighted by Gasteiger charge is 2.26. The van der Waals surface area contributed by atoms with Gasteiger partial charge in [-0.2, -0.15) is 11.8 Å². The molecule has 0 radical (unpaired) electrons. The molecule has 1 fully saturated rings. The molecule has 2 atom stereocenters. The van der Waals surface area contributed by atoms with Gasteiger partial charge in [-0.3, -0.25) is 0 Å². The number of rotatable bonds is 1. The van der Waals surface area contributed by atoms with Crippen LogP contribution in [0.1, 0.15) is 13.8 Å². The Bertz CT molecular complexity index is 345. The van der Waals surface area contributed by atoms with Crippen molar-refractivity contribution in [1.82, 2.24) is 4.98 Å². The molecule has 0 saturated carbocycles. The second-order valence-corrected chi connectivity index (χ2v) is 6.16. The van der Waals surface area contributed by atoms with Gasteiger partial charge in [0.2, 0.25) is 0 Å². The molecule has 2 unspecified atom stereocenters. The fourth-order valence-electron chi connectivity index (χ4n) is 1.82. The van der Waals surface area contributed by atoms with Crippen LogP contribution in [-0.2, 0) is 0 Å². The summed E-state index contributed by atoms with van der Waals surface area (Å²) in [4.78, 5) is 6.85. The van der Waals surface area contributed by atoms with Crippen molar-refractivity contribution in [3.8, 4) is 0 Å². The molecule has 0 bridgehead atoms. The van der Waals surface area contributed by atoms with Gasteiger partial charge in [0.05, 0.1) is 4.47 Å². The van der Waals surface area contributed by atoms with E-state index in [2.05, 4.69) is 45.7 Å². The van der Waals surface area contributed by atoms with Crippen LogP contribution in [0.2, 0.25) is 0 Å². The van der Waals surface area contributed by atoms with Gasteiger partial charge in [-0.15, -0.1) is 0 Å². The summed E-state index contributed by atoms with van der Waals surface area (Å²) in [6.07, 6.45) is 1.86. The van der Waals surface area contributed by atoms with Crippen LogP contribution in [0.3, 0.4) is 0 Å². The van der Waals surface area contributed by atoms with E-state index in [0.29, 0.717) is 11.3 Å². The lowest BCUT2D eigenvalue weighted by atomic mass is 10.2. The minimum absolute atomic E-state index is 0.551. The van der Waals surface area contributed by atoms with Gasteiger partial charge in [0.15, 0.2) is 0 Å². The highest BCUT2D eigenvalue weighted by molar-refractivity contribution is 9.10. The van der Waals surface area contributed by atoms with E-state index in [1.54, 1.807) is 0 Å². The molecule has 15 heavy (non-hydrogen) atoms. The van der Waals surface area contributed by atoms with Crippen LogP contribution < -0.4 is 4.90 Å². The Morgan fingerprint density at radius 3 is 3.07 bits per heavy atom. The first-order chi connectivity index (χ1) is 7.20. The molecular formula is C11H15BrN2S. The highest BCUT2D eigenvalue weighted by Crippen LogP contribution is 2.31. The third-order valence-electron chi connectivity index (χ3n) is 2.90. The van der Waals surface area contributed by atoms with Crippen molar-refractivity contribution in [2.45, 2.75) is 25.1 Å². The summed E-state index contributed by atoms with van der Waals surface area (Å²) >= 11 is 5.61. The zero-order chi connectivity index (χ0) is 10.8. The van der Waals surface area contributed by atoms with Gasteiger partial charge in [0.1, 0.15) is 5.82 Å². The number of hydrogen-bond acceptors (Lipinski definition) is 3. The second-order valence-electron chi connectivity index (χ2n) is 3.82. The van der Waals surface area contributed by atoms with Crippen molar-refractivity contribution in [2.75, 3.05) is 17.2 Å². The lowest BCUT2D eigenvalue weighted by Crippen LogP contribution is -2.45. The molecule has 1 aliphatic heterocycles. The quantitative estimate of drug-likeness (QED) is 0.789. The summed E-state index contributed by atoms with van der Waals surface area (Å²) < 4.78 is 1.09. The fraction of sp³-hybridized carbons (Fsp3) is 0.545. The first-order valence-corrected chi connectivity index (χ1v) is 7.03. The summed E-state index contributed by atoms with van der Waals surface area (Å²) in [6, 6.07) is 4.57. The molecule has 4 heteroatoms. The molecule has 1 aliphatic rings. The molecule has 2 heterocycles. The zero-order valence-electron chi connectivity index (χ0n) is 8.98. The van der Waals surface area contributed by atoms with Crippen molar-refractivity contribution in [2.24, 2.45) is 0 Å². The van der Waals surface area contributed by atoms with Gasteiger partial charge in [0.25, 0.3) is 0 Å². The van der Waals surface area contributed by atoms with E-state index in [0.717, 1.165) is 16.8 Å². The van der Waals surface area contributed by atoms with E-state index in [1.807, 2.05) is 24.0 Å². The van der Waals surface area contributed by atoms with Crippen molar-refractivity contribution < 1.29 is 0 Å². The fourth-order valence-corrected chi connectivity index (χ4v) is 3.40. The van der Waals surface area contributed by atoms with Crippen molar-refractivity contribution in [3.05, 3.63) is 22.8 Å².